The molecule has 1 amide bonds. The molecule has 1 saturated heterocycles. The van der Waals surface area contributed by atoms with Crippen molar-refractivity contribution >= 4 is 21.8 Å². The Morgan fingerprint density at radius 3 is 2.82 bits per heavy atom. The molecule has 1 rings (SSSR count). The highest BCUT2D eigenvalue weighted by Crippen LogP contribution is 1.94. The molecule has 0 aliphatic carbocycles. The molecule has 0 N–H and O–H groups in total. The van der Waals surface area contributed by atoms with Crippen LogP contribution in [-0.2, 0) is 19.8 Å². The zero-order valence-corrected chi connectivity index (χ0v) is 6.50. The molecular formula is C5H7NO4S. The van der Waals surface area contributed by atoms with Crippen molar-refractivity contribution in [2.45, 2.75) is 0 Å². The lowest BCUT2D eigenvalue weighted by Gasteiger charge is -2.21. The second kappa shape index (κ2) is 3.49. The summed E-state index contributed by atoms with van der Waals surface area (Å²) >= 11 is 0. The average Bonchev–Trinajstić information content (AvgIpc) is 2.05. The van der Waals surface area contributed by atoms with Gasteiger partial charge in [0.05, 0.1) is 13.2 Å². The molecule has 6 heteroatoms. The monoisotopic (exact) mass is 177 g/mol. The summed E-state index contributed by atoms with van der Waals surface area (Å²) in [5.74, 6) is 0. The molecule has 0 spiro atoms. The minimum absolute atomic E-state index is 0.0552. The molecule has 0 aromatic rings. The molecule has 0 aromatic heterocycles. The summed E-state index contributed by atoms with van der Waals surface area (Å²) in [6, 6.07) is 0. The van der Waals surface area contributed by atoms with Gasteiger partial charge in [0.15, 0.2) is 5.05 Å². The number of hydrogen-bond acceptors (Lipinski definition) is 4. The largest absolute Gasteiger partial charge is 0.335 e. The molecular weight excluding hydrogens is 170 g/mol. The highest BCUT2D eigenvalue weighted by atomic mass is 32.2. The van der Waals surface area contributed by atoms with E-state index in [2.05, 4.69) is 0 Å². The topological polar surface area (TPSA) is 63.7 Å². The predicted molar refractivity (Wildman–Crippen MR) is 37.5 cm³/mol. The number of amides is 1. The summed E-state index contributed by atoms with van der Waals surface area (Å²) in [6.07, 6.45) is 0.607. The smallest absolute Gasteiger partial charge is 0.242 e. The Labute approximate surface area is 65.1 Å². The van der Waals surface area contributed by atoms with Crippen LogP contribution in [0.25, 0.3) is 0 Å². The summed E-state index contributed by atoms with van der Waals surface area (Å²) in [6.45, 7) is 0.756. The van der Waals surface area contributed by atoms with Crippen LogP contribution in [0.5, 0.6) is 0 Å². The molecule has 62 valence electrons. The van der Waals surface area contributed by atoms with Crippen molar-refractivity contribution in [1.82, 2.24) is 4.90 Å². The van der Waals surface area contributed by atoms with Crippen LogP contribution in [0, 0.1) is 0 Å². The van der Waals surface area contributed by atoms with Gasteiger partial charge in [-0.05, 0) is 0 Å². The van der Waals surface area contributed by atoms with Crippen LogP contribution < -0.4 is 0 Å². The van der Waals surface area contributed by atoms with Crippen molar-refractivity contribution < 1.29 is 17.9 Å². The third-order valence-electron chi connectivity index (χ3n) is 1.31. The van der Waals surface area contributed by atoms with Crippen molar-refractivity contribution in [1.29, 1.82) is 0 Å². The molecule has 1 fully saturated rings. The molecule has 11 heavy (non-hydrogen) atoms. The number of morpholine rings is 1. The third kappa shape index (κ3) is 2.02. The van der Waals surface area contributed by atoms with Crippen LogP contribution in [0.1, 0.15) is 0 Å². The Balaban J connectivity index is 2.75. The molecule has 0 bridgehead atoms. The van der Waals surface area contributed by atoms with Gasteiger partial charge >= 0.3 is 0 Å². The van der Waals surface area contributed by atoms with E-state index >= 15 is 0 Å². The first-order chi connectivity index (χ1) is 5.24. The van der Waals surface area contributed by atoms with Crippen molar-refractivity contribution in [3.05, 3.63) is 0 Å². The number of ether oxygens (including phenoxy) is 1. The molecule has 0 aromatic carbocycles. The lowest BCUT2D eigenvalue weighted by atomic mass is 10.5. The second-order valence-corrected chi connectivity index (χ2v) is 2.96. The summed E-state index contributed by atoms with van der Waals surface area (Å²) in [4.78, 5) is 11.5. The van der Waals surface area contributed by atoms with E-state index in [1.807, 2.05) is 0 Å². The number of nitrogens with zero attached hydrogens (tertiary/aromatic N) is 1. The van der Waals surface area contributed by atoms with Crippen molar-refractivity contribution in [2.75, 3.05) is 19.7 Å². The van der Waals surface area contributed by atoms with Crippen LogP contribution in [0.15, 0.2) is 0 Å². The second-order valence-electron chi connectivity index (χ2n) is 2.03. The molecule has 5 nitrogen and oxygen atoms in total. The van der Waals surface area contributed by atoms with Crippen LogP contribution in [0.3, 0.4) is 0 Å². The van der Waals surface area contributed by atoms with E-state index in [4.69, 9.17) is 4.74 Å². The van der Waals surface area contributed by atoms with Gasteiger partial charge in [-0.3, -0.25) is 4.79 Å². The molecule has 1 aliphatic rings. The van der Waals surface area contributed by atoms with Gasteiger partial charge in [-0.2, -0.15) is 8.42 Å². The van der Waals surface area contributed by atoms with E-state index in [0.29, 0.717) is 13.0 Å². The van der Waals surface area contributed by atoms with E-state index in [1.54, 1.807) is 0 Å². The van der Waals surface area contributed by atoms with Crippen LogP contribution in [0.2, 0.25) is 0 Å². The molecule has 1 aliphatic heterocycles. The van der Waals surface area contributed by atoms with Gasteiger partial charge in [0.2, 0.25) is 16.7 Å². The Morgan fingerprint density at radius 1 is 1.55 bits per heavy atom. The van der Waals surface area contributed by atoms with Gasteiger partial charge in [0.1, 0.15) is 0 Å². The summed E-state index contributed by atoms with van der Waals surface area (Å²) in [7, 11) is -2.33. The first kappa shape index (κ1) is 8.22. The maximum atomic E-state index is 10.3. The zero-order chi connectivity index (χ0) is 8.27. The highest BCUT2D eigenvalue weighted by molar-refractivity contribution is 7.72. The van der Waals surface area contributed by atoms with E-state index < -0.39 is 10.3 Å². The summed E-state index contributed by atoms with van der Waals surface area (Å²) in [5, 5.41) is -0.0663. The first-order valence-corrected chi connectivity index (χ1v) is 4.09. The summed E-state index contributed by atoms with van der Waals surface area (Å²) < 4.78 is 25.4. The van der Waals surface area contributed by atoms with Crippen LogP contribution in [-0.4, -0.2) is 44.5 Å². The van der Waals surface area contributed by atoms with Gasteiger partial charge < -0.3 is 9.64 Å². The van der Waals surface area contributed by atoms with E-state index in [-0.39, 0.29) is 18.2 Å². The van der Waals surface area contributed by atoms with Gasteiger partial charge in [-0.15, -0.1) is 0 Å². The van der Waals surface area contributed by atoms with Crippen LogP contribution in [0.4, 0.5) is 0 Å². The molecule has 0 unspecified atom stereocenters. The lowest BCUT2D eigenvalue weighted by Crippen LogP contribution is -2.39. The standard InChI is InChI=1S/C5H7NO4S/c7-4-6-1-2-10-5(3-6)11(8)9/h4H,1-3H2. The zero-order valence-electron chi connectivity index (χ0n) is 5.69. The molecule has 0 radical (unpaired) electrons. The lowest BCUT2D eigenvalue weighted by molar-refractivity contribution is -0.118. The Kier molecular flexibility index (Phi) is 2.61. The first-order valence-electron chi connectivity index (χ1n) is 3.01. The van der Waals surface area contributed by atoms with Gasteiger partial charge in [-0.1, -0.05) is 0 Å². The maximum Gasteiger partial charge on any atom is 0.242 e. The number of rotatable bonds is 1. The SMILES string of the molecule is O=CN1CCOC(=S(=O)=O)C1. The van der Waals surface area contributed by atoms with Crippen LogP contribution >= 0.6 is 0 Å². The normalized spacial score (nSPS) is 18.2. The third-order valence-corrected chi connectivity index (χ3v) is 1.93. The van der Waals surface area contributed by atoms with E-state index in [9.17, 15) is 13.2 Å². The fourth-order valence-electron chi connectivity index (χ4n) is 0.758. The maximum absolute atomic E-state index is 10.3. The quantitative estimate of drug-likeness (QED) is 0.360. The fourth-order valence-corrected chi connectivity index (χ4v) is 1.21. The Bertz CT molecular complexity index is 273. The predicted octanol–water partition coefficient (Wildman–Crippen LogP) is -1.52. The average molecular weight is 177 g/mol. The van der Waals surface area contributed by atoms with E-state index in [0.717, 1.165) is 0 Å². The number of carbonyl (C=O) groups excluding carboxylic acids is 1. The number of hydrogen-bond donors (Lipinski definition) is 0. The molecule has 0 atom stereocenters. The van der Waals surface area contributed by atoms with Gasteiger partial charge in [0.25, 0.3) is 0 Å². The van der Waals surface area contributed by atoms with Crippen molar-refractivity contribution in [3.63, 3.8) is 0 Å². The fraction of sp³-hybridized carbons (Fsp3) is 0.600. The Morgan fingerprint density at radius 2 is 2.27 bits per heavy atom. The van der Waals surface area contributed by atoms with Crippen molar-refractivity contribution in [3.8, 4) is 0 Å². The minimum Gasteiger partial charge on any atom is -0.335 e. The molecule has 1 heterocycles. The van der Waals surface area contributed by atoms with E-state index in [1.165, 1.54) is 4.90 Å². The Hall–Kier alpha value is -0.880. The van der Waals surface area contributed by atoms with Crippen molar-refractivity contribution in [2.24, 2.45) is 0 Å². The summed E-state index contributed by atoms with van der Waals surface area (Å²) in [5.41, 5.74) is 0. The minimum atomic E-state index is -2.33. The molecule has 0 saturated carbocycles. The number of carbonyl (C=O) groups is 1. The van der Waals surface area contributed by atoms with Gasteiger partial charge in [0, 0.05) is 6.54 Å². The highest BCUT2D eigenvalue weighted by Gasteiger charge is 2.14. The van der Waals surface area contributed by atoms with Gasteiger partial charge in [-0.25, -0.2) is 0 Å².